The zero-order chi connectivity index (χ0) is 14.0. The van der Waals surface area contributed by atoms with Gasteiger partial charge in [-0.2, -0.15) is 4.31 Å². The summed E-state index contributed by atoms with van der Waals surface area (Å²) in [7, 11) is 0.0103. The van der Waals surface area contributed by atoms with Gasteiger partial charge < -0.3 is 5.32 Å². The van der Waals surface area contributed by atoms with Crippen LogP contribution in [0.4, 0.5) is 0 Å². The molecule has 106 valence electrons. The van der Waals surface area contributed by atoms with Crippen molar-refractivity contribution in [2.24, 2.45) is 5.92 Å². The lowest BCUT2D eigenvalue weighted by molar-refractivity contribution is 0.355. The molecule has 0 bridgehead atoms. The zero-order valence-electron chi connectivity index (χ0n) is 11.6. The Labute approximate surface area is 115 Å². The number of pyridine rings is 1. The maximum atomic E-state index is 12.4. The van der Waals surface area contributed by atoms with Crippen LogP contribution in [-0.4, -0.2) is 37.8 Å². The van der Waals surface area contributed by atoms with E-state index in [0.29, 0.717) is 12.5 Å². The molecule has 0 aromatic carbocycles. The van der Waals surface area contributed by atoms with Gasteiger partial charge in [-0.3, -0.25) is 0 Å². The lowest BCUT2D eigenvalue weighted by atomic mass is 10.2. The van der Waals surface area contributed by atoms with Crippen molar-refractivity contribution >= 4 is 10.0 Å². The third kappa shape index (κ3) is 3.13. The molecule has 1 atom stereocenters. The Bertz CT molecular complexity index is 523. The summed E-state index contributed by atoms with van der Waals surface area (Å²) in [4.78, 5) is 4.08. The highest BCUT2D eigenvalue weighted by molar-refractivity contribution is 7.89. The molecule has 6 heteroatoms. The Morgan fingerprint density at radius 3 is 2.63 bits per heavy atom. The Balaban J connectivity index is 2.18. The van der Waals surface area contributed by atoms with E-state index in [4.69, 9.17) is 0 Å². The van der Waals surface area contributed by atoms with E-state index in [0.717, 1.165) is 18.4 Å². The quantitative estimate of drug-likeness (QED) is 0.852. The first kappa shape index (κ1) is 14.4. The van der Waals surface area contributed by atoms with E-state index >= 15 is 0 Å². The number of aromatic nitrogens is 1. The topological polar surface area (TPSA) is 62.3 Å². The minimum Gasteiger partial charge on any atom is -0.316 e. The molecule has 0 spiro atoms. The van der Waals surface area contributed by atoms with Crippen molar-refractivity contribution in [3.8, 4) is 0 Å². The standard InChI is InChI=1S/C13H21N3O2S/c1-10(12-5-6-12)16(3)19(17,18)13-7-4-11(8-14-2)9-15-13/h4,7,9-10,12,14H,5-6,8H2,1-3H3. The first-order chi connectivity index (χ1) is 8.96. The molecule has 5 nitrogen and oxygen atoms in total. The molecule has 1 saturated carbocycles. The highest BCUT2D eigenvalue weighted by atomic mass is 32.2. The summed E-state index contributed by atoms with van der Waals surface area (Å²) in [6.07, 6.45) is 3.85. The normalized spacial score (nSPS) is 17.7. The zero-order valence-corrected chi connectivity index (χ0v) is 12.4. The van der Waals surface area contributed by atoms with Crippen molar-refractivity contribution < 1.29 is 8.42 Å². The van der Waals surface area contributed by atoms with Gasteiger partial charge in [0.2, 0.25) is 0 Å². The molecule has 0 radical (unpaired) electrons. The molecule has 2 rings (SSSR count). The Kier molecular flexibility index (Phi) is 4.23. The monoisotopic (exact) mass is 283 g/mol. The predicted octanol–water partition coefficient (Wildman–Crippen LogP) is 1.22. The third-order valence-corrected chi connectivity index (χ3v) is 5.56. The average molecular weight is 283 g/mol. The van der Waals surface area contributed by atoms with E-state index in [1.165, 1.54) is 4.31 Å². The number of hydrogen-bond donors (Lipinski definition) is 1. The van der Waals surface area contributed by atoms with Crippen molar-refractivity contribution in [1.82, 2.24) is 14.6 Å². The predicted molar refractivity (Wildman–Crippen MR) is 74.1 cm³/mol. The van der Waals surface area contributed by atoms with Crippen molar-refractivity contribution in [2.75, 3.05) is 14.1 Å². The van der Waals surface area contributed by atoms with Crippen LogP contribution in [0.15, 0.2) is 23.4 Å². The molecule has 0 amide bonds. The summed E-state index contributed by atoms with van der Waals surface area (Å²) in [5.74, 6) is 0.503. The van der Waals surface area contributed by atoms with E-state index < -0.39 is 10.0 Å². The molecule has 0 aliphatic heterocycles. The van der Waals surface area contributed by atoms with Crippen LogP contribution in [-0.2, 0) is 16.6 Å². The summed E-state index contributed by atoms with van der Waals surface area (Å²) >= 11 is 0. The number of rotatable bonds is 6. The molecule has 19 heavy (non-hydrogen) atoms. The van der Waals surface area contributed by atoms with Crippen molar-refractivity contribution in [3.05, 3.63) is 23.9 Å². The van der Waals surface area contributed by atoms with Crippen LogP contribution in [0.1, 0.15) is 25.3 Å². The summed E-state index contributed by atoms with van der Waals surface area (Å²) in [5, 5.41) is 3.13. The van der Waals surface area contributed by atoms with E-state index in [2.05, 4.69) is 10.3 Å². The molecule has 1 aliphatic rings. The van der Waals surface area contributed by atoms with Crippen LogP contribution in [0, 0.1) is 5.92 Å². The van der Waals surface area contributed by atoms with Gasteiger partial charge in [0.25, 0.3) is 10.0 Å². The fourth-order valence-corrected chi connectivity index (χ4v) is 3.45. The lowest BCUT2D eigenvalue weighted by Gasteiger charge is -2.23. The van der Waals surface area contributed by atoms with Crippen molar-refractivity contribution in [2.45, 2.75) is 37.4 Å². The summed E-state index contributed by atoms with van der Waals surface area (Å²) in [5.41, 5.74) is 0.972. The minimum absolute atomic E-state index is 0.0452. The van der Waals surface area contributed by atoms with E-state index in [-0.39, 0.29) is 11.1 Å². The second-order valence-corrected chi connectivity index (χ2v) is 7.08. The largest absolute Gasteiger partial charge is 0.316 e. The number of hydrogen-bond acceptors (Lipinski definition) is 4. The molecule has 1 aromatic rings. The third-order valence-electron chi connectivity index (χ3n) is 3.70. The Morgan fingerprint density at radius 1 is 1.47 bits per heavy atom. The van der Waals surface area contributed by atoms with Crippen LogP contribution < -0.4 is 5.32 Å². The fraction of sp³-hybridized carbons (Fsp3) is 0.615. The number of sulfonamides is 1. The maximum absolute atomic E-state index is 12.4. The van der Waals surface area contributed by atoms with Crippen molar-refractivity contribution in [3.63, 3.8) is 0 Å². The molecule has 1 heterocycles. The highest BCUT2D eigenvalue weighted by Gasteiger charge is 2.36. The molecule has 1 N–H and O–H groups in total. The van der Waals surface area contributed by atoms with Crippen molar-refractivity contribution in [1.29, 1.82) is 0 Å². The molecular weight excluding hydrogens is 262 g/mol. The molecule has 0 saturated heterocycles. The summed E-state index contributed by atoms with van der Waals surface area (Å²) in [6.45, 7) is 2.65. The molecule has 1 aliphatic carbocycles. The van der Waals surface area contributed by atoms with Gasteiger partial charge in [0, 0.05) is 25.8 Å². The van der Waals surface area contributed by atoms with Gasteiger partial charge in [0.1, 0.15) is 0 Å². The highest BCUT2D eigenvalue weighted by Crippen LogP contribution is 2.36. The smallest absolute Gasteiger partial charge is 0.260 e. The first-order valence-corrected chi connectivity index (χ1v) is 7.98. The van der Waals surface area contributed by atoms with Crippen LogP contribution in [0.2, 0.25) is 0 Å². The summed E-state index contributed by atoms with van der Waals surface area (Å²) < 4.78 is 26.3. The average Bonchev–Trinajstić information content (AvgIpc) is 3.22. The fourth-order valence-electron chi connectivity index (χ4n) is 2.11. The second kappa shape index (κ2) is 5.56. The lowest BCUT2D eigenvalue weighted by Crippen LogP contribution is -2.36. The second-order valence-electron chi connectivity index (χ2n) is 5.13. The van der Waals surface area contributed by atoms with Gasteiger partial charge >= 0.3 is 0 Å². The molecular formula is C13H21N3O2S. The van der Waals surface area contributed by atoms with Crippen LogP contribution >= 0.6 is 0 Å². The van der Waals surface area contributed by atoms with E-state index in [1.807, 2.05) is 14.0 Å². The van der Waals surface area contributed by atoms with E-state index in [1.54, 1.807) is 25.4 Å². The van der Waals surface area contributed by atoms with Gasteiger partial charge in [-0.1, -0.05) is 6.07 Å². The van der Waals surface area contributed by atoms with Crippen LogP contribution in [0.3, 0.4) is 0 Å². The molecule has 1 aromatic heterocycles. The SMILES string of the molecule is CNCc1ccc(S(=O)(=O)N(C)C(C)C2CC2)nc1. The van der Waals surface area contributed by atoms with Crippen LogP contribution in [0.5, 0.6) is 0 Å². The first-order valence-electron chi connectivity index (χ1n) is 6.54. The Morgan fingerprint density at radius 2 is 2.16 bits per heavy atom. The van der Waals surface area contributed by atoms with Gasteiger partial charge in [0.05, 0.1) is 0 Å². The van der Waals surface area contributed by atoms with E-state index in [9.17, 15) is 8.42 Å². The minimum atomic E-state index is -3.47. The van der Waals surface area contributed by atoms with Gasteiger partial charge in [-0.05, 0) is 44.4 Å². The molecule has 1 unspecified atom stereocenters. The molecule has 1 fully saturated rings. The van der Waals surface area contributed by atoms with Gasteiger partial charge in [0.15, 0.2) is 5.03 Å². The van der Waals surface area contributed by atoms with Gasteiger partial charge in [-0.25, -0.2) is 13.4 Å². The summed E-state index contributed by atoms with van der Waals surface area (Å²) in [6, 6.07) is 3.42. The van der Waals surface area contributed by atoms with Crippen LogP contribution in [0.25, 0.3) is 0 Å². The number of nitrogens with one attached hydrogen (secondary N) is 1. The Hall–Kier alpha value is -0.980. The van der Waals surface area contributed by atoms with Gasteiger partial charge in [-0.15, -0.1) is 0 Å². The number of nitrogens with zero attached hydrogens (tertiary/aromatic N) is 2. The maximum Gasteiger partial charge on any atom is 0.260 e.